The Balaban J connectivity index is 0.000000903. The van der Waals surface area contributed by atoms with Crippen molar-refractivity contribution in [2.24, 2.45) is 0 Å². The molecule has 10 nitrogen and oxygen atoms in total. The number of fused-ring (bicyclic) bond motifs is 2. The van der Waals surface area contributed by atoms with E-state index in [0.29, 0.717) is 32.6 Å². The SMILES string of the molecule is C.C.C.C.CCC(CC(C)c1ccc(S(=O)(=O)[O-])cc1)c1ccc(S(=O)(=O)O)cc1.Cc1sc(-c2sc(C)c3c2OCCO3)c2c1OCCO2.S=[P+]=S. The number of ether oxygens (including phenoxy) is 4. The quantitative estimate of drug-likeness (QED) is 0.133. The average molecular weight is 867 g/mol. The van der Waals surface area contributed by atoms with Gasteiger partial charge in [0.1, 0.15) is 36.5 Å². The molecule has 296 valence electrons. The minimum atomic E-state index is -4.45. The zero-order valence-corrected chi connectivity index (χ0v) is 32.8. The van der Waals surface area contributed by atoms with Gasteiger partial charge in [-0.3, -0.25) is 4.55 Å². The molecule has 1 N–H and O–H groups in total. The van der Waals surface area contributed by atoms with Crippen LogP contribution in [0, 0.1) is 13.8 Å². The third kappa shape index (κ3) is 12.9. The Labute approximate surface area is 335 Å². The van der Waals surface area contributed by atoms with Crippen molar-refractivity contribution in [3.63, 3.8) is 0 Å². The number of benzene rings is 2. The van der Waals surface area contributed by atoms with Gasteiger partial charge >= 0.3 is 29.7 Å². The molecule has 0 bridgehead atoms. The maximum absolute atomic E-state index is 11.1. The molecule has 2 aliphatic heterocycles. The van der Waals surface area contributed by atoms with Crippen LogP contribution in [-0.2, 0) is 43.8 Å². The molecule has 4 heterocycles. The molecule has 2 aromatic heterocycles. The van der Waals surface area contributed by atoms with Gasteiger partial charge in [0, 0.05) is 9.75 Å². The summed E-state index contributed by atoms with van der Waals surface area (Å²) in [5.74, 6) is 3.77. The number of aryl methyl sites for hydroxylation is 2. The maximum atomic E-state index is 11.1. The van der Waals surface area contributed by atoms with Gasteiger partial charge in [0.15, 0.2) is 23.0 Å². The van der Waals surface area contributed by atoms with Gasteiger partial charge in [-0.1, -0.05) is 67.8 Å². The Morgan fingerprint density at radius 2 is 1.08 bits per heavy atom. The summed E-state index contributed by atoms with van der Waals surface area (Å²) >= 11 is 11.7. The Kier molecular flexibility index (Phi) is 21.4. The minimum absolute atomic E-state index is 0. The van der Waals surface area contributed by atoms with Crippen LogP contribution in [0.3, 0.4) is 0 Å². The summed E-state index contributed by atoms with van der Waals surface area (Å²) in [7, 11) is -8.66. The molecule has 0 aliphatic carbocycles. The molecule has 0 saturated heterocycles. The molecule has 53 heavy (non-hydrogen) atoms. The standard InChI is InChI=1S/C18H22O6S2.C14H14O4S2.4CH4.PS2/c1-3-14(16-6-10-18(11-7-16)26(22,23)24)12-13(2)15-4-8-17(9-5-15)25(19,20)21;1-7-9-11(17-5-3-15-9)13(19-7)14-12-10(8(2)20-14)16-4-6-18-12;;;;;2-1-3/h4-11,13-14H,3,12H2,1-2H3,(H,19,20,21)(H,22,23,24);3-6H2,1-2H3;4*1H4;/q;;;;;;+1/p-1. The summed E-state index contributed by atoms with van der Waals surface area (Å²) in [5.41, 5.74) is 1.89. The molecule has 4 aromatic rings. The number of hydrogen-bond acceptors (Lipinski definition) is 13. The van der Waals surface area contributed by atoms with Gasteiger partial charge in [0.2, 0.25) is 0 Å². The molecular weight excluding hydrogens is 816 g/mol. The fourth-order valence-electron chi connectivity index (χ4n) is 5.46. The van der Waals surface area contributed by atoms with Crippen LogP contribution in [0.4, 0.5) is 0 Å². The molecule has 0 spiro atoms. The molecule has 0 amide bonds. The van der Waals surface area contributed by atoms with Crippen LogP contribution >= 0.6 is 28.8 Å². The van der Waals surface area contributed by atoms with Crippen molar-refractivity contribution in [1.82, 2.24) is 0 Å². The van der Waals surface area contributed by atoms with Crippen molar-refractivity contribution in [3.8, 4) is 32.8 Å². The first-order valence-corrected chi connectivity index (χ1v) is 22.5. The summed E-state index contributed by atoms with van der Waals surface area (Å²) in [6.07, 6.45) is 2.19. The van der Waals surface area contributed by atoms with Gasteiger partial charge < -0.3 is 23.5 Å². The fourth-order valence-corrected chi connectivity index (χ4v) is 8.62. The van der Waals surface area contributed by atoms with Crippen molar-refractivity contribution in [1.29, 1.82) is 0 Å². The van der Waals surface area contributed by atoms with Crippen molar-refractivity contribution in [2.75, 3.05) is 26.4 Å². The Morgan fingerprint density at radius 3 is 1.43 bits per heavy atom. The molecule has 0 radical (unpaired) electrons. The first-order valence-electron chi connectivity index (χ1n) is 15.1. The predicted octanol–water partition coefficient (Wildman–Crippen LogP) is 10.6. The Morgan fingerprint density at radius 1 is 0.717 bits per heavy atom. The van der Waals surface area contributed by atoms with Crippen LogP contribution in [0.5, 0.6) is 23.0 Å². The second-order valence-corrected chi connectivity index (χ2v) is 18.3. The van der Waals surface area contributed by atoms with Crippen LogP contribution in [0.15, 0.2) is 58.3 Å². The molecule has 2 unspecified atom stereocenters. The van der Waals surface area contributed by atoms with Crippen molar-refractivity contribution < 1.29 is 44.9 Å². The van der Waals surface area contributed by atoms with E-state index in [1.807, 2.05) is 13.8 Å². The number of thiophene rings is 2. The van der Waals surface area contributed by atoms with Gasteiger partial charge in [0.05, 0.1) is 19.5 Å². The van der Waals surface area contributed by atoms with E-state index in [-0.39, 0.29) is 51.3 Å². The Hall–Kier alpha value is -2.27. The van der Waals surface area contributed by atoms with E-state index in [2.05, 4.69) is 37.5 Å². The second-order valence-electron chi connectivity index (χ2n) is 11.1. The van der Waals surface area contributed by atoms with E-state index in [1.54, 1.807) is 46.9 Å². The molecule has 2 aromatic carbocycles. The summed E-state index contributed by atoms with van der Waals surface area (Å²) in [6.45, 7) is 10.6. The van der Waals surface area contributed by atoms with Crippen LogP contribution in [0.1, 0.15) is 89.1 Å². The van der Waals surface area contributed by atoms with Gasteiger partial charge in [-0.2, -0.15) is 8.42 Å². The van der Waals surface area contributed by atoms with E-state index in [1.165, 1.54) is 24.3 Å². The summed E-state index contributed by atoms with van der Waals surface area (Å²) in [6, 6.07) is 12.1. The van der Waals surface area contributed by atoms with E-state index in [9.17, 15) is 21.4 Å². The van der Waals surface area contributed by atoms with Gasteiger partial charge in [-0.15, -0.1) is 22.7 Å². The average Bonchev–Trinajstić information content (AvgIpc) is 3.59. The van der Waals surface area contributed by atoms with E-state index < -0.39 is 20.2 Å². The zero-order valence-electron chi connectivity index (χ0n) is 27.0. The molecule has 6 rings (SSSR count). The molecule has 17 heteroatoms. The summed E-state index contributed by atoms with van der Waals surface area (Å²) in [5, 5.41) is 0. The molecule has 2 atom stereocenters. The van der Waals surface area contributed by atoms with Crippen LogP contribution in [-0.4, -0.2) is 52.4 Å². The van der Waals surface area contributed by atoms with Gasteiger partial charge in [-0.05, 0) is 73.9 Å². The monoisotopic (exact) mass is 866 g/mol. The summed E-state index contributed by atoms with van der Waals surface area (Å²) < 4.78 is 87.4. The number of rotatable bonds is 8. The van der Waals surface area contributed by atoms with Gasteiger partial charge in [-0.25, -0.2) is 8.42 Å². The van der Waals surface area contributed by atoms with E-state index in [0.717, 1.165) is 66.5 Å². The van der Waals surface area contributed by atoms with Crippen LogP contribution in [0.2, 0.25) is 0 Å². The molecule has 2 aliphatic rings. The number of hydrogen-bond donors (Lipinski definition) is 1. The molecular formula is C36H51O10PS6. The third-order valence-electron chi connectivity index (χ3n) is 7.85. The van der Waals surface area contributed by atoms with Crippen LogP contribution < -0.4 is 18.9 Å². The van der Waals surface area contributed by atoms with Crippen molar-refractivity contribution in [2.45, 2.75) is 91.9 Å². The van der Waals surface area contributed by atoms with E-state index >= 15 is 0 Å². The fraction of sp³-hybridized carbons (Fsp3) is 0.444. The first kappa shape index (κ1) is 50.7. The third-order valence-corrected chi connectivity index (χ3v) is 11.9. The second kappa shape index (κ2) is 22.3. The summed E-state index contributed by atoms with van der Waals surface area (Å²) in [4.78, 5) is 4.09. The first-order chi connectivity index (χ1) is 23.2. The Bertz CT molecular complexity index is 1940. The van der Waals surface area contributed by atoms with Crippen LogP contribution in [0.25, 0.3) is 9.75 Å². The van der Waals surface area contributed by atoms with Crippen molar-refractivity contribution >= 4 is 72.7 Å². The zero-order chi connectivity index (χ0) is 35.9. The van der Waals surface area contributed by atoms with E-state index in [4.69, 9.17) is 23.5 Å². The normalized spacial score (nSPS) is 13.5. The topological polar surface area (TPSA) is 148 Å². The molecule has 0 fully saturated rings. The van der Waals surface area contributed by atoms with Gasteiger partial charge in [0.25, 0.3) is 10.1 Å². The van der Waals surface area contributed by atoms with Crippen molar-refractivity contribution in [3.05, 3.63) is 69.4 Å². The predicted molar refractivity (Wildman–Crippen MR) is 224 cm³/mol. The molecule has 0 saturated carbocycles.